The van der Waals surface area contributed by atoms with E-state index >= 15 is 0 Å². The number of nitrogens with one attached hydrogen (secondary N) is 1. The van der Waals surface area contributed by atoms with Crippen LogP contribution in [-0.2, 0) is 16.0 Å². The molecule has 0 spiro atoms. The smallest absolute Gasteiger partial charge is 0.316 e. The van der Waals surface area contributed by atoms with Gasteiger partial charge < -0.3 is 57.1 Å². The fourth-order valence-electron chi connectivity index (χ4n) is 7.12. The molecule has 3 aromatic rings. The number of phenolic OH excluding ortho intramolecular Hbond substituents is 3. The number of ether oxygens (including phenoxy) is 1. The van der Waals surface area contributed by atoms with Gasteiger partial charge in [-0.05, 0) is 68.1 Å². The van der Waals surface area contributed by atoms with Gasteiger partial charge in [0.15, 0.2) is 0 Å². The number of nitrogens with zero attached hydrogens (tertiary/aromatic N) is 1. The van der Waals surface area contributed by atoms with Crippen molar-refractivity contribution in [3.05, 3.63) is 89.5 Å². The van der Waals surface area contributed by atoms with Crippen molar-refractivity contribution in [1.29, 1.82) is 0 Å². The number of hydrogen-bond donors (Lipinski definition) is 6. The molecule has 0 radical (unpaired) electrons. The number of piperidine rings is 1. The summed E-state index contributed by atoms with van der Waals surface area (Å²) < 4.78 is 6.96. The summed E-state index contributed by atoms with van der Waals surface area (Å²) in [6.07, 6.45) is 4.30. The molecule has 2 heterocycles. The van der Waals surface area contributed by atoms with Gasteiger partial charge in [0.05, 0.1) is 37.9 Å². The lowest BCUT2D eigenvalue weighted by atomic mass is 9.94. The Labute approximate surface area is 305 Å². The summed E-state index contributed by atoms with van der Waals surface area (Å²) in [5.74, 6) is -0.772. The van der Waals surface area contributed by atoms with Gasteiger partial charge in [-0.25, -0.2) is 0 Å². The number of aliphatic hydroxyl groups excluding tert-OH is 2. The highest BCUT2D eigenvalue weighted by atomic mass is 79.9. The van der Waals surface area contributed by atoms with E-state index in [1.807, 2.05) is 49.4 Å². The zero-order chi connectivity index (χ0) is 33.4. The Bertz CT molecular complexity index is 1380. The van der Waals surface area contributed by atoms with E-state index in [-0.39, 0.29) is 75.9 Å². The van der Waals surface area contributed by atoms with Crippen LogP contribution < -0.4 is 22.3 Å². The Morgan fingerprint density at radius 1 is 0.875 bits per heavy atom. The topological polar surface area (TPSA) is 139 Å². The highest BCUT2D eigenvalue weighted by Crippen LogP contribution is 2.44. The summed E-state index contributed by atoms with van der Waals surface area (Å²) >= 11 is 0. The normalized spacial score (nSPS) is 23.0. The molecular weight excluding hydrogens is 744 g/mol. The molecule has 2 fully saturated rings. The second-order valence-corrected chi connectivity index (χ2v) is 13.4. The van der Waals surface area contributed by atoms with Crippen molar-refractivity contribution in [2.45, 2.75) is 95.2 Å². The number of esters is 1. The number of phenols is 3. The van der Waals surface area contributed by atoms with E-state index in [2.05, 4.69) is 26.2 Å². The Morgan fingerprint density at radius 3 is 1.96 bits per heavy atom. The summed E-state index contributed by atoms with van der Waals surface area (Å²) in [5, 5.41) is 51.1. The van der Waals surface area contributed by atoms with Gasteiger partial charge >= 0.3 is 5.97 Å². The molecule has 5 rings (SSSR count). The third-order valence-electron chi connectivity index (χ3n) is 9.99. The van der Waals surface area contributed by atoms with Gasteiger partial charge in [0.2, 0.25) is 0 Å². The van der Waals surface area contributed by atoms with Crippen molar-refractivity contribution in [3.63, 3.8) is 0 Å². The van der Waals surface area contributed by atoms with Crippen LogP contribution in [0.3, 0.4) is 0 Å². The first kappa shape index (κ1) is 41.5. The van der Waals surface area contributed by atoms with E-state index < -0.39 is 12.0 Å². The predicted molar refractivity (Wildman–Crippen MR) is 188 cm³/mol. The lowest BCUT2D eigenvalue weighted by Crippen LogP contribution is -3.00. The van der Waals surface area contributed by atoms with Gasteiger partial charge in [0.25, 0.3) is 0 Å². The molecule has 6 N–H and O–H groups in total. The van der Waals surface area contributed by atoms with E-state index in [1.165, 1.54) is 31.0 Å². The average Bonchev–Trinajstić information content (AvgIpc) is 3.18. The molecule has 2 bridgehead atoms. The maximum absolute atomic E-state index is 12.6. The number of aromatic hydroxyl groups is 3. The van der Waals surface area contributed by atoms with Gasteiger partial charge in [0.1, 0.15) is 29.3 Å². The van der Waals surface area contributed by atoms with Gasteiger partial charge in [-0.15, -0.1) is 17.0 Å². The Balaban J connectivity index is 0.000000321. The number of quaternary nitrogens is 1. The van der Waals surface area contributed by atoms with Crippen molar-refractivity contribution in [2.75, 3.05) is 20.2 Å². The molecule has 5 unspecified atom stereocenters. The number of rotatable bonds is 11. The van der Waals surface area contributed by atoms with Crippen LogP contribution in [0.1, 0.15) is 75.2 Å². The standard InChI is InChI=1S/C20H30NO3.C17H21NO4.2BrH/c1-14(2)21(3)16-9-10-17(21)12-18(11-16)24-20(23)19(13-22)15-7-5-4-6-8-15;1-11(6-12-2-4-14(19)5-3-12)18-10-17(22)13-7-15(20)9-16(21)8-13;;/h4-8,14,16-19,22H,9-13H2,1-3H3;2-5,7-9,11,17-22H,6,10H2,1H3;2*1H/q+1;;;/p-1/t16-,17+,18?,19?,21?;;;. The van der Waals surface area contributed by atoms with Crippen molar-refractivity contribution in [2.24, 2.45) is 0 Å². The van der Waals surface area contributed by atoms with E-state index in [9.17, 15) is 30.3 Å². The molecule has 266 valence electrons. The average molecular weight is 797 g/mol. The van der Waals surface area contributed by atoms with Crippen molar-refractivity contribution >= 4 is 23.0 Å². The largest absolute Gasteiger partial charge is 1.00 e. The van der Waals surface area contributed by atoms with Crippen LogP contribution in [-0.4, -0.2) is 86.5 Å². The SMILES string of the molecule is Br.CC(C)[N+]1(C)[C@@H]2CC[C@H]1CC(OC(=O)C(CO)c1ccccc1)C2.CC(Cc1ccc(O)cc1)NCC(O)c1cc(O)cc(O)c1.[Br-]. The summed E-state index contributed by atoms with van der Waals surface area (Å²) in [5.41, 5.74) is 2.37. The van der Waals surface area contributed by atoms with Gasteiger partial charge in [0, 0.05) is 44.3 Å². The van der Waals surface area contributed by atoms with Crippen molar-refractivity contribution in [3.8, 4) is 17.2 Å². The zero-order valence-corrected chi connectivity index (χ0v) is 31.5. The monoisotopic (exact) mass is 794 g/mol. The quantitative estimate of drug-likeness (QED) is 0.129. The minimum atomic E-state index is -0.819. The number of halogens is 2. The van der Waals surface area contributed by atoms with Gasteiger partial charge in [-0.2, -0.15) is 0 Å². The Morgan fingerprint density at radius 2 is 1.44 bits per heavy atom. The molecule has 2 aliphatic heterocycles. The highest BCUT2D eigenvalue weighted by molar-refractivity contribution is 8.93. The molecule has 0 aromatic heterocycles. The van der Waals surface area contributed by atoms with Crippen LogP contribution in [0.25, 0.3) is 0 Å². The lowest BCUT2D eigenvalue weighted by molar-refractivity contribution is -0.968. The van der Waals surface area contributed by atoms with Crippen LogP contribution in [0.5, 0.6) is 17.2 Å². The van der Waals surface area contributed by atoms with E-state index in [1.54, 1.807) is 12.1 Å². The van der Waals surface area contributed by atoms with Crippen LogP contribution in [0.4, 0.5) is 0 Å². The molecule has 9 nitrogen and oxygen atoms in total. The number of carbonyl (C=O) groups is 1. The van der Waals surface area contributed by atoms with Crippen molar-refractivity contribution in [1.82, 2.24) is 5.32 Å². The Hall–Kier alpha value is -2.67. The summed E-state index contributed by atoms with van der Waals surface area (Å²) in [7, 11) is 2.37. The second-order valence-electron chi connectivity index (χ2n) is 13.4. The first-order chi connectivity index (χ1) is 21.9. The number of hydrogen-bond acceptors (Lipinski definition) is 8. The molecule has 2 aliphatic rings. The molecule has 2 saturated heterocycles. The number of fused-ring (bicyclic) bond motifs is 2. The highest BCUT2D eigenvalue weighted by Gasteiger charge is 2.53. The van der Waals surface area contributed by atoms with E-state index in [0.29, 0.717) is 30.2 Å². The third kappa shape index (κ3) is 10.7. The zero-order valence-electron chi connectivity index (χ0n) is 28.2. The first-order valence-corrected chi connectivity index (χ1v) is 16.3. The fraction of sp³-hybridized carbons (Fsp3) is 0.486. The summed E-state index contributed by atoms with van der Waals surface area (Å²) in [6, 6.07) is 22.4. The number of carbonyl (C=O) groups excluding carboxylic acids is 1. The van der Waals surface area contributed by atoms with Crippen LogP contribution in [0, 0.1) is 0 Å². The summed E-state index contributed by atoms with van der Waals surface area (Å²) in [4.78, 5) is 12.6. The molecule has 0 saturated carbocycles. The molecule has 0 amide bonds. The van der Waals surface area contributed by atoms with Crippen LogP contribution in [0.2, 0.25) is 0 Å². The first-order valence-electron chi connectivity index (χ1n) is 16.3. The summed E-state index contributed by atoms with van der Waals surface area (Å²) in [6.45, 7) is 6.70. The molecule has 0 aliphatic carbocycles. The minimum Gasteiger partial charge on any atom is -1.00 e. The minimum absolute atomic E-state index is 0. The van der Waals surface area contributed by atoms with Crippen molar-refractivity contribution < 1.29 is 56.5 Å². The molecule has 7 atom stereocenters. The Kier molecular flexibility index (Phi) is 16.4. The maximum Gasteiger partial charge on any atom is 0.316 e. The maximum atomic E-state index is 12.6. The molecule has 11 heteroatoms. The van der Waals surface area contributed by atoms with Crippen LogP contribution >= 0.6 is 17.0 Å². The number of benzene rings is 3. The van der Waals surface area contributed by atoms with Crippen LogP contribution in [0.15, 0.2) is 72.8 Å². The molecule has 48 heavy (non-hydrogen) atoms. The van der Waals surface area contributed by atoms with E-state index in [0.717, 1.165) is 34.9 Å². The molecule has 3 aromatic carbocycles. The molecular formula is C37H52Br2N2O7. The lowest BCUT2D eigenvalue weighted by Gasteiger charge is -2.49. The van der Waals surface area contributed by atoms with Gasteiger partial charge in [-0.1, -0.05) is 42.5 Å². The second kappa shape index (κ2) is 18.9. The van der Waals surface area contributed by atoms with E-state index in [4.69, 9.17) is 4.74 Å². The fourth-order valence-corrected chi connectivity index (χ4v) is 7.12. The third-order valence-corrected chi connectivity index (χ3v) is 9.99. The predicted octanol–water partition coefficient (Wildman–Crippen LogP) is 2.49. The van der Waals surface area contributed by atoms with Gasteiger partial charge in [-0.3, -0.25) is 4.79 Å². The number of aliphatic hydroxyl groups is 2.